The normalized spacial score (nSPS) is 12.1. The number of rotatable bonds is 5. The Kier molecular flexibility index (Phi) is 4.85. The highest BCUT2D eigenvalue weighted by atomic mass is 32.1. The maximum absolute atomic E-state index is 12.4. The van der Waals surface area contributed by atoms with Gasteiger partial charge in [-0.3, -0.25) is 4.79 Å². The summed E-state index contributed by atoms with van der Waals surface area (Å²) in [5.41, 5.74) is 0.679. The molecule has 0 aliphatic carbocycles. The van der Waals surface area contributed by atoms with E-state index >= 15 is 0 Å². The van der Waals surface area contributed by atoms with Crippen molar-refractivity contribution in [3.63, 3.8) is 0 Å². The van der Waals surface area contributed by atoms with Gasteiger partial charge >= 0.3 is 0 Å². The standard InChI is InChI=1S/C17H18O2S/c1-3-10-19-17(20)12(2)16(18)15-9-8-13-6-4-5-7-14(13)11-15/h4-9,11-12H,3,10H2,1-2H3. The fraction of sp³-hybridized carbons (Fsp3) is 0.294. The first-order chi connectivity index (χ1) is 9.63. The van der Waals surface area contributed by atoms with E-state index in [1.54, 1.807) is 6.92 Å². The molecule has 3 heteroatoms. The van der Waals surface area contributed by atoms with Gasteiger partial charge in [-0.2, -0.15) is 0 Å². The van der Waals surface area contributed by atoms with Gasteiger partial charge in [0.2, 0.25) is 0 Å². The molecule has 1 atom stereocenters. The summed E-state index contributed by atoms with van der Waals surface area (Å²) in [7, 11) is 0. The number of Topliss-reactive ketones (excluding diaryl/α,β-unsaturated/α-hetero) is 1. The van der Waals surface area contributed by atoms with Crippen molar-refractivity contribution >= 4 is 33.8 Å². The van der Waals surface area contributed by atoms with Crippen LogP contribution in [0.1, 0.15) is 30.6 Å². The molecule has 2 aromatic carbocycles. The highest BCUT2D eigenvalue weighted by Crippen LogP contribution is 2.19. The summed E-state index contributed by atoms with van der Waals surface area (Å²) in [5, 5.41) is 2.57. The van der Waals surface area contributed by atoms with Crippen LogP contribution in [0.4, 0.5) is 0 Å². The Bertz CT molecular complexity index is 634. The van der Waals surface area contributed by atoms with Gasteiger partial charge < -0.3 is 4.74 Å². The minimum atomic E-state index is -0.391. The second-order valence-corrected chi connectivity index (χ2v) is 5.22. The smallest absolute Gasteiger partial charge is 0.174 e. The summed E-state index contributed by atoms with van der Waals surface area (Å²) in [5.74, 6) is -0.380. The lowest BCUT2D eigenvalue weighted by Gasteiger charge is -2.13. The Labute approximate surface area is 124 Å². The summed E-state index contributed by atoms with van der Waals surface area (Å²) in [6.07, 6.45) is 0.886. The van der Waals surface area contributed by atoms with E-state index < -0.39 is 5.92 Å². The Balaban J connectivity index is 2.20. The maximum Gasteiger partial charge on any atom is 0.174 e. The lowest BCUT2D eigenvalue weighted by molar-refractivity contribution is 0.0950. The van der Waals surface area contributed by atoms with E-state index in [-0.39, 0.29) is 5.78 Å². The summed E-state index contributed by atoms with van der Waals surface area (Å²) in [6, 6.07) is 13.7. The number of hydrogen-bond acceptors (Lipinski definition) is 3. The fourth-order valence-corrected chi connectivity index (χ4v) is 2.22. The molecule has 2 rings (SSSR count). The van der Waals surface area contributed by atoms with Crippen LogP contribution in [-0.2, 0) is 4.74 Å². The van der Waals surface area contributed by atoms with Gasteiger partial charge in [0.15, 0.2) is 10.8 Å². The van der Waals surface area contributed by atoms with Crippen molar-refractivity contribution < 1.29 is 9.53 Å². The van der Waals surface area contributed by atoms with Crippen molar-refractivity contribution in [2.45, 2.75) is 20.3 Å². The molecule has 0 saturated heterocycles. The van der Waals surface area contributed by atoms with Gasteiger partial charge in [0, 0.05) is 5.56 Å². The third-order valence-corrected chi connectivity index (χ3v) is 3.70. The summed E-state index contributed by atoms with van der Waals surface area (Å²) < 4.78 is 5.39. The first-order valence-electron chi connectivity index (χ1n) is 6.83. The molecule has 104 valence electrons. The van der Waals surface area contributed by atoms with Crippen molar-refractivity contribution in [2.24, 2.45) is 5.92 Å². The number of fused-ring (bicyclic) bond motifs is 1. The topological polar surface area (TPSA) is 26.3 Å². The predicted octanol–water partition coefficient (Wildman–Crippen LogP) is 4.41. The van der Waals surface area contributed by atoms with Crippen molar-refractivity contribution in [1.82, 2.24) is 0 Å². The molecule has 0 spiro atoms. The molecular formula is C17H18O2S. The van der Waals surface area contributed by atoms with Crippen molar-refractivity contribution in [2.75, 3.05) is 6.61 Å². The Morgan fingerprint density at radius 1 is 1.20 bits per heavy atom. The highest BCUT2D eigenvalue weighted by molar-refractivity contribution is 7.80. The molecule has 0 saturated carbocycles. The predicted molar refractivity (Wildman–Crippen MR) is 86.3 cm³/mol. The largest absolute Gasteiger partial charge is 0.486 e. The molecule has 0 aliphatic heterocycles. The van der Waals surface area contributed by atoms with E-state index in [1.165, 1.54) is 0 Å². The number of thiocarbonyl (C=S) groups is 1. The van der Waals surface area contributed by atoms with E-state index in [9.17, 15) is 4.79 Å². The van der Waals surface area contributed by atoms with Gasteiger partial charge in [0.05, 0.1) is 12.5 Å². The molecule has 0 radical (unpaired) electrons. The molecule has 1 unspecified atom stereocenters. The number of benzene rings is 2. The third-order valence-electron chi connectivity index (χ3n) is 3.23. The fourth-order valence-electron chi connectivity index (χ4n) is 2.03. The molecule has 0 N–H and O–H groups in total. The van der Waals surface area contributed by atoms with Crippen LogP contribution in [-0.4, -0.2) is 17.4 Å². The molecular weight excluding hydrogens is 268 g/mol. The summed E-state index contributed by atoms with van der Waals surface area (Å²) in [6.45, 7) is 4.38. The van der Waals surface area contributed by atoms with Gasteiger partial charge in [0.1, 0.15) is 0 Å². The van der Waals surface area contributed by atoms with Crippen LogP contribution in [0.2, 0.25) is 0 Å². The van der Waals surface area contributed by atoms with Gasteiger partial charge in [-0.15, -0.1) is 0 Å². The number of carbonyl (C=O) groups excluding carboxylic acids is 1. The van der Waals surface area contributed by atoms with E-state index in [2.05, 4.69) is 0 Å². The van der Waals surface area contributed by atoms with Crippen LogP contribution in [0.3, 0.4) is 0 Å². The lowest BCUT2D eigenvalue weighted by Crippen LogP contribution is -2.22. The Morgan fingerprint density at radius 2 is 1.90 bits per heavy atom. The monoisotopic (exact) mass is 286 g/mol. The van der Waals surface area contributed by atoms with Crippen LogP contribution in [0.25, 0.3) is 10.8 Å². The quantitative estimate of drug-likeness (QED) is 0.601. The number of hydrogen-bond donors (Lipinski definition) is 0. The average Bonchev–Trinajstić information content (AvgIpc) is 2.50. The van der Waals surface area contributed by atoms with Crippen LogP contribution in [0.15, 0.2) is 42.5 Å². The number of ether oxygens (including phenoxy) is 1. The van der Waals surface area contributed by atoms with E-state index in [0.717, 1.165) is 17.2 Å². The van der Waals surface area contributed by atoms with Crippen molar-refractivity contribution in [3.8, 4) is 0 Å². The number of carbonyl (C=O) groups is 1. The molecule has 0 amide bonds. The average molecular weight is 286 g/mol. The zero-order chi connectivity index (χ0) is 14.5. The number of ketones is 1. The van der Waals surface area contributed by atoms with Crippen LogP contribution in [0, 0.1) is 5.92 Å². The SMILES string of the molecule is CCCOC(=S)C(C)C(=O)c1ccc2ccccc2c1. The summed E-state index contributed by atoms with van der Waals surface area (Å²) in [4.78, 5) is 12.4. The molecule has 0 aliphatic rings. The van der Waals surface area contributed by atoms with E-state index in [0.29, 0.717) is 17.2 Å². The minimum absolute atomic E-state index is 0.0110. The van der Waals surface area contributed by atoms with Crippen LogP contribution >= 0.6 is 12.2 Å². The first kappa shape index (κ1) is 14.7. The first-order valence-corrected chi connectivity index (χ1v) is 7.24. The molecule has 2 aromatic rings. The summed E-state index contributed by atoms with van der Waals surface area (Å²) >= 11 is 5.17. The lowest BCUT2D eigenvalue weighted by atomic mass is 9.97. The molecule has 0 fully saturated rings. The highest BCUT2D eigenvalue weighted by Gasteiger charge is 2.20. The second kappa shape index (κ2) is 6.62. The Hall–Kier alpha value is -1.74. The van der Waals surface area contributed by atoms with Crippen LogP contribution < -0.4 is 0 Å². The Morgan fingerprint density at radius 3 is 2.60 bits per heavy atom. The third kappa shape index (κ3) is 3.23. The molecule has 0 aromatic heterocycles. The van der Waals surface area contributed by atoms with Crippen molar-refractivity contribution in [3.05, 3.63) is 48.0 Å². The van der Waals surface area contributed by atoms with Gasteiger partial charge in [0.25, 0.3) is 0 Å². The second-order valence-electron chi connectivity index (χ2n) is 4.82. The van der Waals surface area contributed by atoms with Gasteiger partial charge in [-0.05, 0) is 42.4 Å². The molecule has 20 heavy (non-hydrogen) atoms. The zero-order valence-corrected chi connectivity index (χ0v) is 12.6. The van der Waals surface area contributed by atoms with Crippen molar-refractivity contribution in [1.29, 1.82) is 0 Å². The van der Waals surface area contributed by atoms with Crippen LogP contribution in [0.5, 0.6) is 0 Å². The molecule has 0 heterocycles. The minimum Gasteiger partial charge on any atom is -0.486 e. The molecule has 2 nitrogen and oxygen atoms in total. The maximum atomic E-state index is 12.4. The molecule has 0 bridgehead atoms. The van der Waals surface area contributed by atoms with E-state index in [4.69, 9.17) is 17.0 Å². The van der Waals surface area contributed by atoms with Gasteiger partial charge in [-0.1, -0.05) is 43.3 Å². The zero-order valence-electron chi connectivity index (χ0n) is 11.8. The van der Waals surface area contributed by atoms with E-state index in [1.807, 2.05) is 49.4 Å². The van der Waals surface area contributed by atoms with Gasteiger partial charge in [-0.25, -0.2) is 0 Å².